The second kappa shape index (κ2) is 3.87. The van der Waals surface area contributed by atoms with Gasteiger partial charge in [-0.2, -0.15) is 0 Å². The van der Waals surface area contributed by atoms with Crippen molar-refractivity contribution in [2.45, 2.75) is 0 Å². The number of aldehydes is 1. The summed E-state index contributed by atoms with van der Waals surface area (Å²) < 4.78 is 0. The van der Waals surface area contributed by atoms with E-state index in [1.54, 1.807) is 12.4 Å². The zero-order chi connectivity index (χ0) is 11.7. The molecule has 1 N–H and O–H groups in total. The molecule has 0 saturated carbocycles. The van der Waals surface area contributed by atoms with Gasteiger partial charge in [-0.25, -0.2) is 0 Å². The number of pyridine rings is 1. The smallest absolute Gasteiger partial charge is 0.152 e. The van der Waals surface area contributed by atoms with E-state index in [1.807, 2.05) is 36.5 Å². The highest BCUT2D eigenvalue weighted by atomic mass is 16.1. The molecular weight excluding hydrogens is 212 g/mol. The topological polar surface area (TPSA) is 45.8 Å². The average Bonchev–Trinajstić information content (AvgIpc) is 2.81. The van der Waals surface area contributed by atoms with Gasteiger partial charge >= 0.3 is 0 Å². The SMILES string of the molecule is O=Cc1c[nH]c2cc(-c3cccnc3)ccc12. The molecule has 0 atom stereocenters. The largest absolute Gasteiger partial charge is 0.360 e. The highest BCUT2D eigenvalue weighted by Gasteiger charge is 2.04. The molecule has 0 radical (unpaired) electrons. The number of fused-ring (bicyclic) bond motifs is 1. The lowest BCUT2D eigenvalue weighted by atomic mass is 10.1. The molecule has 82 valence electrons. The number of aromatic amines is 1. The van der Waals surface area contributed by atoms with Gasteiger partial charge in [-0.05, 0) is 17.7 Å². The molecule has 1 aromatic carbocycles. The minimum atomic E-state index is 0.692. The Kier molecular flexibility index (Phi) is 2.22. The molecule has 3 nitrogen and oxygen atoms in total. The molecule has 2 heterocycles. The third-order valence-corrected chi connectivity index (χ3v) is 2.84. The fraction of sp³-hybridized carbons (Fsp3) is 0. The first-order chi connectivity index (χ1) is 8.38. The molecule has 17 heavy (non-hydrogen) atoms. The summed E-state index contributed by atoms with van der Waals surface area (Å²) >= 11 is 0. The van der Waals surface area contributed by atoms with Crippen LogP contribution in [0.3, 0.4) is 0 Å². The van der Waals surface area contributed by atoms with Gasteiger partial charge in [0, 0.05) is 40.6 Å². The maximum Gasteiger partial charge on any atom is 0.152 e. The van der Waals surface area contributed by atoms with E-state index in [0.717, 1.165) is 28.3 Å². The average molecular weight is 222 g/mol. The number of rotatable bonds is 2. The third-order valence-electron chi connectivity index (χ3n) is 2.84. The molecule has 0 fully saturated rings. The summed E-state index contributed by atoms with van der Waals surface area (Å²) in [6.07, 6.45) is 6.17. The number of aromatic nitrogens is 2. The normalized spacial score (nSPS) is 10.6. The zero-order valence-electron chi connectivity index (χ0n) is 9.05. The number of hydrogen-bond acceptors (Lipinski definition) is 2. The maximum atomic E-state index is 10.8. The number of carbonyl (C=O) groups is 1. The molecule has 0 aliphatic carbocycles. The van der Waals surface area contributed by atoms with E-state index in [-0.39, 0.29) is 0 Å². The summed E-state index contributed by atoms with van der Waals surface area (Å²) in [6, 6.07) is 9.90. The molecule has 0 saturated heterocycles. The summed E-state index contributed by atoms with van der Waals surface area (Å²) in [5, 5.41) is 0.952. The molecule has 0 aliphatic rings. The van der Waals surface area contributed by atoms with E-state index in [0.29, 0.717) is 5.56 Å². The number of nitrogens with zero attached hydrogens (tertiary/aromatic N) is 1. The molecule has 2 aromatic heterocycles. The number of benzene rings is 1. The molecule has 0 amide bonds. The van der Waals surface area contributed by atoms with Crippen LogP contribution >= 0.6 is 0 Å². The number of carbonyl (C=O) groups excluding carboxylic acids is 1. The first kappa shape index (κ1) is 9.78. The summed E-state index contributed by atoms with van der Waals surface area (Å²) in [5.41, 5.74) is 3.81. The molecular formula is C14H10N2O. The first-order valence-electron chi connectivity index (χ1n) is 5.35. The lowest BCUT2D eigenvalue weighted by Gasteiger charge is -2.00. The van der Waals surface area contributed by atoms with Gasteiger partial charge in [0.05, 0.1) is 0 Å². The van der Waals surface area contributed by atoms with Gasteiger partial charge in [-0.15, -0.1) is 0 Å². The van der Waals surface area contributed by atoms with Crippen molar-refractivity contribution in [1.29, 1.82) is 0 Å². The quantitative estimate of drug-likeness (QED) is 0.677. The van der Waals surface area contributed by atoms with Gasteiger partial charge in [0.1, 0.15) is 0 Å². The van der Waals surface area contributed by atoms with Crippen molar-refractivity contribution in [2.24, 2.45) is 0 Å². The van der Waals surface area contributed by atoms with Crippen molar-refractivity contribution < 1.29 is 4.79 Å². The van der Waals surface area contributed by atoms with E-state index in [9.17, 15) is 4.79 Å². The monoisotopic (exact) mass is 222 g/mol. The zero-order valence-corrected chi connectivity index (χ0v) is 9.05. The van der Waals surface area contributed by atoms with Crippen molar-refractivity contribution in [1.82, 2.24) is 9.97 Å². The number of hydrogen-bond donors (Lipinski definition) is 1. The van der Waals surface area contributed by atoms with Crippen molar-refractivity contribution in [2.75, 3.05) is 0 Å². The van der Waals surface area contributed by atoms with Crippen LogP contribution < -0.4 is 0 Å². The van der Waals surface area contributed by atoms with Crippen LogP contribution in [0.25, 0.3) is 22.0 Å². The Bertz CT molecular complexity index is 671. The predicted molar refractivity (Wildman–Crippen MR) is 66.9 cm³/mol. The lowest BCUT2D eigenvalue weighted by Crippen LogP contribution is -1.80. The number of H-pyrrole nitrogens is 1. The van der Waals surface area contributed by atoms with Gasteiger partial charge in [-0.1, -0.05) is 18.2 Å². The van der Waals surface area contributed by atoms with Crippen LogP contribution in [0, 0.1) is 0 Å². The molecule has 3 aromatic rings. The lowest BCUT2D eigenvalue weighted by molar-refractivity contribution is 0.112. The van der Waals surface area contributed by atoms with Crippen LogP contribution in [-0.4, -0.2) is 16.3 Å². The molecule has 0 unspecified atom stereocenters. The van der Waals surface area contributed by atoms with E-state index in [1.165, 1.54) is 0 Å². The van der Waals surface area contributed by atoms with Crippen LogP contribution in [-0.2, 0) is 0 Å². The Morgan fingerprint density at radius 2 is 2.12 bits per heavy atom. The molecule has 0 spiro atoms. The Morgan fingerprint density at radius 3 is 2.88 bits per heavy atom. The van der Waals surface area contributed by atoms with Crippen LogP contribution in [0.1, 0.15) is 10.4 Å². The Hall–Kier alpha value is -2.42. The predicted octanol–water partition coefficient (Wildman–Crippen LogP) is 3.04. The van der Waals surface area contributed by atoms with Gasteiger partial charge in [0.15, 0.2) is 6.29 Å². The van der Waals surface area contributed by atoms with E-state index in [4.69, 9.17) is 0 Å². The summed E-state index contributed by atoms with van der Waals surface area (Å²) in [7, 11) is 0. The molecule has 3 rings (SSSR count). The van der Waals surface area contributed by atoms with Crippen LogP contribution in [0.2, 0.25) is 0 Å². The summed E-state index contributed by atoms with van der Waals surface area (Å²) in [5.74, 6) is 0. The van der Waals surface area contributed by atoms with Gasteiger partial charge in [0.2, 0.25) is 0 Å². The van der Waals surface area contributed by atoms with Gasteiger partial charge < -0.3 is 4.98 Å². The van der Waals surface area contributed by atoms with Crippen LogP contribution in [0.15, 0.2) is 48.9 Å². The Balaban J connectivity index is 2.18. The first-order valence-corrected chi connectivity index (χ1v) is 5.35. The highest BCUT2D eigenvalue weighted by molar-refractivity contribution is 5.98. The van der Waals surface area contributed by atoms with Gasteiger partial charge in [0.25, 0.3) is 0 Å². The minimum Gasteiger partial charge on any atom is -0.360 e. The standard InChI is InChI=1S/C14H10N2O/c17-9-12-8-16-14-6-10(3-4-13(12)14)11-2-1-5-15-7-11/h1-9,16H. The fourth-order valence-corrected chi connectivity index (χ4v) is 1.96. The van der Waals surface area contributed by atoms with Crippen LogP contribution in [0.5, 0.6) is 0 Å². The summed E-state index contributed by atoms with van der Waals surface area (Å²) in [4.78, 5) is 18.0. The van der Waals surface area contributed by atoms with E-state index in [2.05, 4.69) is 9.97 Å². The van der Waals surface area contributed by atoms with Crippen molar-refractivity contribution >= 4 is 17.2 Å². The fourth-order valence-electron chi connectivity index (χ4n) is 1.96. The van der Waals surface area contributed by atoms with Crippen molar-refractivity contribution in [3.8, 4) is 11.1 Å². The molecule has 0 bridgehead atoms. The Labute approximate surface area is 98.1 Å². The van der Waals surface area contributed by atoms with E-state index >= 15 is 0 Å². The van der Waals surface area contributed by atoms with Crippen molar-refractivity contribution in [3.05, 3.63) is 54.5 Å². The van der Waals surface area contributed by atoms with Gasteiger partial charge in [-0.3, -0.25) is 9.78 Å². The molecule has 0 aliphatic heterocycles. The van der Waals surface area contributed by atoms with E-state index < -0.39 is 0 Å². The highest BCUT2D eigenvalue weighted by Crippen LogP contribution is 2.24. The second-order valence-electron chi connectivity index (χ2n) is 3.86. The Morgan fingerprint density at radius 1 is 1.18 bits per heavy atom. The summed E-state index contributed by atoms with van der Waals surface area (Å²) in [6.45, 7) is 0. The number of nitrogens with one attached hydrogen (secondary N) is 1. The van der Waals surface area contributed by atoms with Crippen LogP contribution in [0.4, 0.5) is 0 Å². The minimum absolute atomic E-state index is 0.692. The van der Waals surface area contributed by atoms with Crippen molar-refractivity contribution in [3.63, 3.8) is 0 Å². The second-order valence-corrected chi connectivity index (χ2v) is 3.86. The molecule has 3 heteroatoms. The maximum absolute atomic E-state index is 10.8. The third kappa shape index (κ3) is 1.61.